The smallest absolute Gasteiger partial charge is 0.418 e. The van der Waals surface area contributed by atoms with Crippen molar-refractivity contribution in [2.45, 2.75) is 75.5 Å². The summed E-state index contributed by atoms with van der Waals surface area (Å²) in [5, 5.41) is 31.5. The van der Waals surface area contributed by atoms with Gasteiger partial charge < -0.3 is 41.9 Å². The Balaban J connectivity index is 1.34. The summed E-state index contributed by atoms with van der Waals surface area (Å²) in [6, 6.07) is 3.88. The van der Waals surface area contributed by atoms with Crippen LogP contribution >= 0.6 is 11.3 Å². The fourth-order valence-corrected chi connectivity index (χ4v) is 6.53. The van der Waals surface area contributed by atoms with Crippen LogP contribution in [0.4, 0.5) is 5.13 Å². The molecule has 49 heavy (non-hydrogen) atoms. The first-order valence-corrected chi connectivity index (χ1v) is 17.2. The molecule has 0 unspecified atom stereocenters. The fraction of sp³-hybridized carbons (Fsp3) is 0.500. The van der Waals surface area contributed by atoms with Crippen LogP contribution < -0.4 is 26.8 Å². The van der Waals surface area contributed by atoms with Crippen LogP contribution in [0.1, 0.15) is 50.4 Å². The molecule has 3 aliphatic heterocycles. The highest BCUT2D eigenvalue weighted by atomic mass is 32.3. The number of carbonyl (C=O) groups is 3. The quantitative estimate of drug-likeness (QED) is 0.0561. The number of nitrogens with zero attached hydrogens (tertiary/aromatic N) is 4. The number of ether oxygens (including phenoxy) is 1. The van der Waals surface area contributed by atoms with Crippen LogP contribution in [0, 0.1) is 0 Å². The molecule has 5 atom stereocenters. The molecule has 1 aromatic heterocycles. The van der Waals surface area contributed by atoms with E-state index >= 15 is 0 Å². The van der Waals surface area contributed by atoms with Crippen LogP contribution in [0.3, 0.4) is 0 Å². The maximum absolute atomic E-state index is 13.4. The summed E-state index contributed by atoms with van der Waals surface area (Å²) in [6.45, 7) is 4.67. The maximum atomic E-state index is 13.4. The van der Waals surface area contributed by atoms with Crippen molar-refractivity contribution in [3.63, 3.8) is 0 Å². The molecule has 19 nitrogen and oxygen atoms in total. The van der Waals surface area contributed by atoms with Crippen molar-refractivity contribution in [2.24, 2.45) is 15.9 Å². The van der Waals surface area contributed by atoms with Gasteiger partial charge in [-0.15, -0.1) is 15.6 Å². The average Bonchev–Trinajstić information content (AvgIpc) is 3.70. The predicted molar refractivity (Wildman–Crippen MR) is 173 cm³/mol. The minimum absolute atomic E-state index is 0.0540. The van der Waals surface area contributed by atoms with Gasteiger partial charge in [-0.3, -0.25) is 19.1 Å². The second-order valence-corrected chi connectivity index (χ2v) is 14.2. The molecule has 0 saturated carbocycles. The number of β-lactam (4-membered cyclic amide) rings is 1. The number of aliphatic hydroxyl groups is 1. The Morgan fingerprint density at radius 2 is 2.10 bits per heavy atom. The molecular formula is C28H36N8O11S2. The van der Waals surface area contributed by atoms with Crippen LogP contribution in [-0.4, -0.2) is 111 Å². The molecule has 1 aromatic carbocycles. The number of aliphatic carboxylic acids is 1. The number of anilines is 1. The first-order valence-electron chi connectivity index (χ1n) is 15.0. The number of aryl methyl sites for hydroxylation is 1. The number of aliphatic hydroxyl groups excluding tert-OH is 1. The number of oxime groups is 1. The number of hydrogen-bond acceptors (Lipinski definition) is 16. The van der Waals surface area contributed by atoms with Gasteiger partial charge in [0.05, 0.1) is 17.7 Å². The first kappa shape index (κ1) is 35.9. The number of benzene rings is 1. The van der Waals surface area contributed by atoms with Crippen molar-refractivity contribution >= 4 is 56.2 Å². The van der Waals surface area contributed by atoms with Gasteiger partial charge in [0.15, 0.2) is 16.9 Å². The Bertz CT molecular complexity index is 1810. The molecule has 1 fully saturated rings. The summed E-state index contributed by atoms with van der Waals surface area (Å²) in [5.74, 6) is -2.39. The number of nitrogens with two attached hydrogens (primary N) is 2. The van der Waals surface area contributed by atoms with E-state index in [1.165, 1.54) is 26.2 Å². The first-order chi connectivity index (χ1) is 22.9. The van der Waals surface area contributed by atoms with Crippen molar-refractivity contribution in [3.05, 3.63) is 40.4 Å². The van der Waals surface area contributed by atoms with Gasteiger partial charge in [-0.2, -0.15) is 13.5 Å². The maximum Gasteiger partial charge on any atom is 0.418 e. The summed E-state index contributed by atoms with van der Waals surface area (Å²) >= 11 is 0.960. The lowest BCUT2D eigenvalue weighted by Gasteiger charge is -2.50. The van der Waals surface area contributed by atoms with E-state index in [0.717, 1.165) is 22.5 Å². The summed E-state index contributed by atoms with van der Waals surface area (Å²) < 4.78 is 41.7. The van der Waals surface area contributed by atoms with Crippen LogP contribution in [0.15, 0.2) is 33.7 Å². The molecular weight excluding hydrogens is 688 g/mol. The van der Waals surface area contributed by atoms with Crippen molar-refractivity contribution in [3.8, 4) is 5.75 Å². The molecule has 2 aromatic rings. The Morgan fingerprint density at radius 1 is 1.37 bits per heavy atom. The van der Waals surface area contributed by atoms with Crippen molar-refractivity contribution in [2.75, 3.05) is 18.8 Å². The van der Waals surface area contributed by atoms with E-state index in [1.807, 2.05) is 6.07 Å². The number of rotatable bonds is 13. The van der Waals surface area contributed by atoms with E-state index in [1.54, 1.807) is 12.1 Å². The van der Waals surface area contributed by atoms with Crippen molar-refractivity contribution in [1.29, 1.82) is 0 Å². The minimum atomic E-state index is -5.03. The SMILES string of the molecule is CC1(C)[C@H](NC(=O)/C(=N\O[C@](C)(C(=O)O)[C@H]2CCc3cc(C4=N[C@@H](C[C@@H](O)CN)CN4)ccc3O2)c2csc(N)n2)C(=O)N1OS(=O)(=O)O. The molecule has 1 saturated heterocycles. The number of aromatic nitrogens is 1. The number of carbonyl (C=O) groups excluding carboxylic acids is 2. The predicted octanol–water partition coefficient (Wildman–Crippen LogP) is -1.05. The highest BCUT2D eigenvalue weighted by molar-refractivity contribution is 7.80. The Morgan fingerprint density at radius 3 is 2.71 bits per heavy atom. The second kappa shape index (κ2) is 13.5. The molecule has 0 bridgehead atoms. The number of amides is 2. The third kappa shape index (κ3) is 7.45. The standard InChI is InChI=1S/C28H36N8O11S2/c1-27(2)21(24(39)36(27)47-49(42,43)44)34-23(38)20(17-12-48-26(30)33-17)35-46-28(3,25(40)41)19-7-5-13-8-14(4-6-18(13)45-19)22-31-11-15(32-22)9-16(37)10-29/h4,6,8,12,15-16,19,21,37H,5,7,9-11,29H2,1-3H3,(H2,30,33)(H,31,32)(H,34,38)(H,40,41)(H,42,43,44)/b35-20-/t15-,16+,19+,21+,28-/m0/s1. The summed E-state index contributed by atoms with van der Waals surface area (Å²) in [4.78, 5) is 53.0. The van der Waals surface area contributed by atoms with Gasteiger partial charge in [0, 0.05) is 24.0 Å². The van der Waals surface area contributed by atoms with E-state index in [-0.39, 0.29) is 29.8 Å². The monoisotopic (exact) mass is 724 g/mol. The molecule has 266 valence electrons. The van der Waals surface area contributed by atoms with Crippen molar-refractivity contribution in [1.82, 2.24) is 20.7 Å². The van der Waals surface area contributed by atoms with E-state index in [2.05, 4.69) is 30.0 Å². The Kier molecular flexibility index (Phi) is 9.87. The molecule has 0 radical (unpaired) electrons. The number of nitrogens with one attached hydrogen (secondary N) is 2. The number of hydrogen-bond donors (Lipinski definition) is 7. The highest BCUT2D eigenvalue weighted by Crippen LogP contribution is 2.35. The summed E-state index contributed by atoms with van der Waals surface area (Å²) in [6.07, 6.45) is -0.688. The van der Waals surface area contributed by atoms with Gasteiger partial charge in [0.1, 0.15) is 23.3 Å². The van der Waals surface area contributed by atoms with Gasteiger partial charge in [0.25, 0.3) is 17.4 Å². The van der Waals surface area contributed by atoms with Gasteiger partial charge in [-0.05, 0) is 63.8 Å². The molecule has 0 aliphatic carbocycles. The molecule has 5 rings (SSSR count). The Hall–Kier alpha value is -4.41. The lowest BCUT2D eigenvalue weighted by molar-refractivity contribution is -0.218. The highest BCUT2D eigenvalue weighted by Gasteiger charge is 2.58. The molecule has 0 spiro atoms. The largest absolute Gasteiger partial charge is 0.485 e. The number of aliphatic imine (C=N–C) groups is 1. The molecule has 4 heterocycles. The van der Waals surface area contributed by atoms with Crippen LogP contribution in [-0.2, 0) is 40.3 Å². The minimum Gasteiger partial charge on any atom is -0.485 e. The second-order valence-electron chi connectivity index (χ2n) is 12.3. The zero-order valence-electron chi connectivity index (χ0n) is 26.5. The molecule has 21 heteroatoms. The number of amidine groups is 1. The van der Waals surface area contributed by atoms with E-state index in [0.29, 0.717) is 36.0 Å². The number of thiazole rings is 1. The number of hydroxylamine groups is 2. The summed E-state index contributed by atoms with van der Waals surface area (Å²) in [5.41, 5.74) is 8.69. The van der Waals surface area contributed by atoms with Crippen molar-refractivity contribution < 1.29 is 51.4 Å². The normalized spacial score (nSPS) is 23.6. The Labute approximate surface area is 284 Å². The fourth-order valence-electron chi connectivity index (χ4n) is 5.53. The van der Waals surface area contributed by atoms with E-state index < -0.39 is 63.3 Å². The van der Waals surface area contributed by atoms with Gasteiger partial charge in [0.2, 0.25) is 0 Å². The zero-order chi connectivity index (χ0) is 35.9. The molecule has 2 amide bonds. The third-order valence-electron chi connectivity index (χ3n) is 8.38. The topological polar surface area (TPSA) is 291 Å². The van der Waals surface area contributed by atoms with Gasteiger partial charge >= 0.3 is 16.4 Å². The average molecular weight is 725 g/mol. The van der Waals surface area contributed by atoms with Gasteiger partial charge in [-0.1, -0.05) is 5.16 Å². The number of nitrogen functional groups attached to an aromatic ring is 1. The van der Waals surface area contributed by atoms with Crippen LogP contribution in [0.2, 0.25) is 0 Å². The number of fused-ring (bicyclic) bond motifs is 1. The van der Waals surface area contributed by atoms with Crippen LogP contribution in [0.5, 0.6) is 5.75 Å². The van der Waals surface area contributed by atoms with Crippen LogP contribution in [0.25, 0.3) is 0 Å². The number of carboxylic acids is 1. The lowest BCUT2D eigenvalue weighted by Crippen LogP contribution is -2.76. The van der Waals surface area contributed by atoms with E-state index in [9.17, 15) is 33.0 Å². The third-order valence-corrected chi connectivity index (χ3v) is 9.39. The molecule has 3 aliphatic rings. The summed E-state index contributed by atoms with van der Waals surface area (Å²) in [7, 11) is -5.03. The zero-order valence-corrected chi connectivity index (χ0v) is 28.2. The lowest BCUT2D eigenvalue weighted by atomic mass is 9.84. The van der Waals surface area contributed by atoms with Gasteiger partial charge in [-0.25, -0.2) is 9.78 Å². The number of carboxylic acid groups (broad SMARTS) is 1. The van der Waals surface area contributed by atoms with E-state index in [4.69, 9.17) is 25.6 Å². The molecule has 9 N–H and O–H groups in total.